The molecule has 0 saturated heterocycles. The Morgan fingerprint density at radius 1 is 1.00 bits per heavy atom. The summed E-state index contributed by atoms with van der Waals surface area (Å²) >= 11 is 6.05. The van der Waals surface area contributed by atoms with Gasteiger partial charge < -0.3 is 10.6 Å². The number of carbonyl (C=O) groups excluding carboxylic acids is 1. The first-order valence-corrected chi connectivity index (χ1v) is 10.0. The third-order valence-electron chi connectivity index (χ3n) is 4.84. The predicted molar refractivity (Wildman–Crippen MR) is 115 cm³/mol. The lowest BCUT2D eigenvalue weighted by Crippen LogP contribution is -2.39. The van der Waals surface area contributed by atoms with E-state index in [9.17, 15) is 18.0 Å². The quantitative estimate of drug-likeness (QED) is 0.469. The number of benzene rings is 2. The van der Waals surface area contributed by atoms with Gasteiger partial charge in [-0.05, 0) is 48.2 Å². The van der Waals surface area contributed by atoms with Crippen LogP contribution in [0, 0.1) is 0 Å². The first-order chi connectivity index (χ1) is 14.8. The van der Waals surface area contributed by atoms with Gasteiger partial charge in [0, 0.05) is 6.54 Å². The van der Waals surface area contributed by atoms with Crippen molar-refractivity contribution in [3.8, 4) is 0 Å². The van der Waals surface area contributed by atoms with Gasteiger partial charge in [-0.15, -0.1) is 0 Å². The Balaban J connectivity index is 1.81. The van der Waals surface area contributed by atoms with E-state index >= 15 is 0 Å². The van der Waals surface area contributed by atoms with Gasteiger partial charge in [0.25, 0.3) is 0 Å². The number of aryl methyl sites for hydroxylation is 1. The number of hydrogen-bond acceptors (Lipinski definition) is 3. The smallest absolute Gasteiger partial charge is 0.368 e. The van der Waals surface area contributed by atoms with Gasteiger partial charge in [0.2, 0.25) is 5.91 Å². The second kappa shape index (κ2) is 9.83. The van der Waals surface area contributed by atoms with Crippen LogP contribution >= 0.6 is 11.6 Å². The number of pyridine rings is 1. The molecule has 0 radical (unpaired) electrons. The second-order valence-corrected chi connectivity index (χ2v) is 7.41. The van der Waals surface area contributed by atoms with Crippen LogP contribution in [0.1, 0.15) is 29.2 Å². The third kappa shape index (κ3) is 5.98. The van der Waals surface area contributed by atoms with Gasteiger partial charge in [-0.1, -0.05) is 60.1 Å². The van der Waals surface area contributed by atoms with E-state index in [-0.39, 0.29) is 5.15 Å². The number of anilines is 1. The van der Waals surface area contributed by atoms with Crippen LogP contribution in [0.3, 0.4) is 0 Å². The van der Waals surface area contributed by atoms with Crippen molar-refractivity contribution < 1.29 is 18.0 Å². The minimum absolute atomic E-state index is 0.279. The van der Waals surface area contributed by atoms with E-state index < -0.39 is 23.7 Å². The molecule has 1 atom stereocenters. The van der Waals surface area contributed by atoms with Crippen LogP contribution < -0.4 is 10.6 Å². The standard InChI is InChI=1S/C23H21ClF3N3O/c24-19-9-4-10-20(29-19)30(21(22(28)31)17-7-2-1-3-8-17)15-5-6-16-11-13-18(14-12-16)23(25,26)27/h1-4,7-14,21H,5-6,15H2,(H2,28,31)/t21-/m0/s1. The molecule has 31 heavy (non-hydrogen) atoms. The molecule has 8 heteroatoms. The summed E-state index contributed by atoms with van der Waals surface area (Å²) in [6.07, 6.45) is -3.27. The van der Waals surface area contributed by atoms with Crippen molar-refractivity contribution in [2.75, 3.05) is 11.4 Å². The third-order valence-corrected chi connectivity index (χ3v) is 5.05. The zero-order chi connectivity index (χ0) is 22.4. The molecule has 3 rings (SSSR count). The molecular weight excluding hydrogens is 427 g/mol. The zero-order valence-electron chi connectivity index (χ0n) is 16.5. The highest BCUT2D eigenvalue weighted by atomic mass is 35.5. The van der Waals surface area contributed by atoms with Crippen LogP contribution in [0.5, 0.6) is 0 Å². The van der Waals surface area contributed by atoms with Crippen LogP contribution in [0.15, 0.2) is 72.8 Å². The summed E-state index contributed by atoms with van der Waals surface area (Å²) in [5.41, 5.74) is 6.54. The summed E-state index contributed by atoms with van der Waals surface area (Å²) in [7, 11) is 0. The monoisotopic (exact) mass is 447 g/mol. The largest absolute Gasteiger partial charge is 0.416 e. The highest BCUT2D eigenvalue weighted by Gasteiger charge is 2.30. The fourth-order valence-corrected chi connectivity index (χ4v) is 3.54. The van der Waals surface area contributed by atoms with E-state index in [1.165, 1.54) is 12.1 Å². The van der Waals surface area contributed by atoms with E-state index in [1.54, 1.807) is 23.1 Å². The first-order valence-electron chi connectivity index (χ1n) is 9.65. The van der Waals surface area contributed by atoms with Crippen LogP contribution in [0.4, 0.5) is 19.0 Å². The molecule has 0 spiro atoms. The van der Waals surface area contributed by atoms with Crippen molar-refractivity contribution in [1.82, 2.24) is 4.98 Å². The molecule has 0 fully saturated rings. The zero-order valence-corrected chi connectivity index (χ0v) is 17.3. The minimum atomic E-state index is -4.36. The van der Waals surface area contributed by atoms with Gasteiger partial charge in [0.05, 0.1) is 5.56 Å². The summed E-state index contributed by atoms with van der Waals surface area (Å²) in [5, 5.41) is 0.279. The number of hydrogen-bond donors (Lipinski definition) is 1. The fraction of sp³-hybridized carbons (Fsp3) is 0.217. The summed E-state index contributed by atoms with van der Waals surface area (Å²) in [4.78, 5) is 18.5. The number of halogens is 4. The molecule has 0 aliphatic carbocycles. The van der Waals surface area contributed by atoms with Gasteiger partial charge in [-0.2, -0.15) is 13.2 Å². The molecule has 3 aromatic rings. The van der Waals surface area contributed by atoms with E-state index in [4.69, 9.17) is 17.3 Å². The molecule has 2 aromatic carbocycles. The molecular formula is C23H21ClF3N3O. The normalized spacial score (nSPS) is 12.4. The van der Waals surface area contributed by atoms with E-state index in [2.05, 4.69) is 4.98 Å². The van der Waals surface area contributed by atoms with Crippen molar-refractivity contribution in [3.05, 3.63) is 94.6 Å². The second-order valence-electron chi connectivity index (χ2n) is 7.03. The number of alkyl halides is 3. The van der Waals surface area contributed by atoms with Gasteiger partial charge in [-0.3, -0.25) is 4.79 Å². The summed E-state index contributed by atoms with van der Waals surface area (Å²) in [6, 6.07) is 18.5. The Morgan fingerprint density at radius 3 is 2.26 bits per heavy atom. The lowest BCUT2D eigenvalue weighted by molar-refractivity contribution is -0.137. The maximum atomic E-state index is 12.8. The lowest BCUT2D eigenvalue weighted by atomic mass is 10.0. The summed E-state index contributed by atoms with van der Waals surface area (Å²) in [6.45, 7) is 0.400. The number of rotatable bonds is 8. The van der Waals surface area contributed by atoms with E-state index in [0.29, 0.717) is 30.8 Å². The molecule has 0 aliphatic heterocycles. The van der Waals surface area contributed by atoms with Crippen LogP contribution in [0.25, 0.3) is 0 Å². The van der Waals surface area contributed by atoms with Crippen molar-refractivity contribution in [1.29, 1.82) is 0 Å². The SMILES string of the molecule is NC(=O)[C@H](c1ccccc1)N(CCCc1ccc(C(F)(F)F)cc1)c1cccc(Cl)n1. The first kappa shape index (κ1) is 22.6. The average Bonchev–Trinajstić information content (AvgIpc) is 2.73. The fourth-order valence-electron chi connectivity index (χ4n) is 3.38. The molecule has 0 unspecified atom stereocenters. The highest BCUT2D eigenvalue weighted by molar-refractivity contribution is 6.29. The molecule has 4 nitrogen and oxygen atoms in total. The van der Waals surface area contributed by atoms with Gasteiger partial charge in [0.1, 0.15) is 17.0 Å². The van der Waals surface area contributed by atoms with Gasteiger partial charge >= 0.3 is 6.18 Å². The maximum absolute atomic E-state index is 12.8. The van der Waals surface area contributed by atoms with Crippen molar-refractivity contribution in [3.63, 3.8) is 0 Å². The number of primary amides is 1. The van der Waals surface area contributed by atoms with E-state index in [1.807, 2.05) is 30.3 Å². The molecule has 2 N–H and O–H groups in total. The molecule has 0 aliphatic rings. The molecule has 1 heterocycles. The molecule has 0 bridgehead atoms. The Morgan fingerprint density at radius 2 is 1.68 bits per heavy atom. The van der Waals surface area contributed by atoms with Crippen molar-refractivity contribution in [2.45, 2.75) is 25.1 Å². The topological polar surface area (TPSA) is 59.2 Å². The molecule has 1 amide bonds. The number of nitrogens with zero attached hydrogens (tertiary/aromatic N) is 2. The Kier molecular flexibility index (Phi) is 7.17. The highest BCUT2D eigenvalue weighted by Crippen LogP contribution is 2.30. The molecule has 1 aromatic heterocycles. The van der Waals surface area contributed by atoms with Crippen LogP contribution in [-0.2, 0) is 17.4 Å². The maximum Gasteiger partial charge on any atom is 0.416 e. The number of nitrogens with two attached hydrogens (primary N) is 1. The average molecular weight is 448 g/mol. The number of carbonyl (C=O) groups is 1. The minimum Gasteiger partial charge on any atom is -0.368 e. The van der Waals surface area contributed by atoms with Gasteiger partial charge in [0.15, 0.2) is 0 Å². The summed E-state index contributed by atoms with van der Waals surface area (Å²) in [5.74, 6) is -0.0462. The molecule has 0 saturated carbocycles. The van der Waals surface area contributed by atoms with Gasteiger partial charge in [-0.25, -0.2) is 4.98 Å². The number of aromatic nitrogens is 1. The van der Waals surface area contributed by atoms with Crippen LogP contribution in [0.2, 0.25) is 5.15 Å². The number of amides is 1. The Bertz CT molecular complexity index is 1010. The molecule has 162 valence electrons. The summed E-state index contributed by atoms with van der Waals surface area (Å²) < 4.78 is 38.3. The van der Waals surface area contributed by atoms with Crippen LogP contribution in [-0.4, -0.2) is 17.4 Å². The predicted octanol–water partition coefficient (Wildman–Crippen LogP) is 5.42. The Labute approximate surface area is 183 Å². The Hall–Kier alpha value is -3.06. The lowest BCUT2D eigenvalue weighted by Gasteiger charge is -2.31. The van der Waals surface area contributed by atoms with Crippen molar-refractivity contribution >= 4 is 23.3 Å². The van der Waals surface area contributed by atoms with E-state index in [0.717, 1.165) is 17.7 Å². The van der Waals surface area contributed by atoms with Crippen molar-refractivity contribution in [2.24, 2.45) is 5.73 Å².